The van der Waals surface area contributed by atoms with E-state index in [4.69, 9.17) is 5.11 Å². The van der Waals surface area contributed by atoms with Gasteiger partial charge in [0.1, 0.15) is 0 Å². The number of rotatable bonds is 5. The van der Waals surface area contributed by atoms with Crippen molar-refractivity contribution < 1.29 is 9.90 Å². The zero-order valence-corrected chi connectivity index (χ0v) is 11.4. The maximum Gasteiger partial charge on any atom is 0.355 e. The number of aryl methyl sites for hydroxylation is 1. The molecule has 1 aliphatic heterocycles. The van der Waals surface area contributed by atoms with E-state index in [1.807, 2.05) is 0 Å². The van der Waals surface area contributed by atoms with Crippen LogP contribution in [0.25, 0.3) is 0 Å². The number of thiazole rings is 1. The van der Waals surface area contributed by atoms with Gasteiger partial charge in [-0.15, -0.1) is 11.3 Å². The fourth-order valence-corrected chi connectivity index (χ4v) is 3.01. The predicted octanol–water partition coefficient (Wildman–Crippen LogP) is 2.05. The maximum atomic E-state index is 10.9. The SMILES string of the molecule is Cc1sc(NCCN2CCCCC2)nc1C(=O)O. The number of aromatic nitrogens is 1. The molecule has 18 heavy (non-hydrogen) atoms. The smallest absolute Gasteiger partial charge is 0.355 e. The molecule has 1 aromatic heterocycles. The number of carboxylic acid groups (broad SMARTS) is 1. The molecule has 2 N–H and O–H groups in total. The lowest BCUT2D eigenvalue weighted by Gasteiger charge is -2.26. The molecule has 1 fully saturated rings. The van der Waals surface area contributed by atoms with Gasteiger partial charge in [-0.05, 0) is 32.9 Å². The molecule has 1 aliphatic rings. The lowest BCUT2D eigenvalue weighted by atomic mass is 10.1. The molecule has 100 valence electrons. The van der Waals surface area contributed by atoms with E-state index in [1.54, 1.807) is 6.92 Å². The van der Waals surface area contributed by atoms with E-state index in [9.17, 15) is 4.79 Å². The van der Waals surface area contributed by atoms with Crippen molar-refractivity contribution in [1.82, 2.24) is 9.88 Å². The number of aromatic carboxylic acids is 1. The molecule has 2 rings (SSSR count). The van der Waals surface area contributed by atoms with Crippen LogP contribution in [0.3, 0.4) is 0 Å². The minimum absolute atomic E-state index is 0.167. The Hall–Kier alpha value is -1.14. The first-order chi connectivity index (χ1) is 8.66. The standard InChI is InChI=1S/C12H19N3O2S/c1-9-10(11(16)17)14-12(18-9)13-5-8-15-6-3-2-4-7-15/h2-8H2,1H3,(H,13,14)(H,16,17). The van der Waals surface area contributed by atoms with Crippen LogP contribution in [0, 0.1) is 6.92 Å². The van der Waals surface area contributed by atoms with Crippen molar-refractivity contribution in [3.8, 4) is 0 Å². The molecular formula is C12H19N3O2S. The summed E-state index contributed by atoms with van der Waals surface area (Å²) in [5.41, 5.74) is 0.167. The highest BCUT2D eigenvalue weighted by Gasteiger charge is 2.14. The van der Waals surface area contributed by atoms with Gasteiger partial charge in [-0.25, -0.2) is 9.78 Å². The Kier molecular flexibility index (Phi) is 4.54. The van der Waals surface area contributed by atoms with E-state index in [2.05, 4.69) is 15.2 Å². The number of nitrogens with zero attached hydrogens (tertiary/aromatic N) is 2. The number of likely N-dealkylation sites (tertiary alicyclic amines) is 1. The van der Waals surface area contributed by atoms with E-state index >= 15 is 0 Å². The van der Waals surface area contributed by atoms with Crippen molar-refractivity contribution in [2.45, 2.75) is 26.2 Å². The Labute approximate surface area is 111 Å². The van der Waals surface area contributed by atoms with Crippen LogP contribution >= 0.6 is 11.3 Å². The molecule has 0 aromatic carbocycles. The number of carbonyl (C=O) groups is 1. The molecular weight excluding hydrogens is 250 g/mol. The van der Waals surface area contributed by atoms with Gasteiger partial charge < -0.3 is 15.3 Å². The average Bonchev–Trinajstić information content (AvgIpc) is 2.72. The highest BCUT2D eigenvalue weighted by Crippen LogP contribution is 2.21. The second-order valence-corrected chi connectivity index (χ2v) is 5.76. The summed E-state index contributed by atoms with van der Waals surface area (Å²) in [6.45, 7) is 5.97. The van der Waals surface area contributed by atoms with Crippen molar-refractivity contribution in [2.24, 2.45) is 0 Å². The molecule has 0 bridgehead atoms. The fourth-order valence-electron chi connectivity index (χ4n) is 2.17. The Morgan fingerprint density at radius 2 is 2.17 bits per heavy atom. The number of piperidine rings is 1. The van der Waals surface area contributed by atoms with Crippen LogP contribution < -0.4 is 5.32 Å². The summed E-state index contributed by atoms with van der Waals surface area (Å²) in [6.07, 6.45) is 3.93. The molecule has 5 nitrogen and oxygen atoms in total. The van der Waals surface area contributed by atoms with Crippen LogP contribution in [0.5, 0.6) is 0 Å². The predicted molar refractivity (Wildman–Crippen MR) is 72.6 cm³/mol. The first-order valence-electron chi connectivity index (χ1n) is 6.34. The van der Waals surface area contributed by atoms with E-state index in [0.717, 1.165) is 18.0 Å². The second-order valence-electron chi connectivity index (χ2n) is 4.56. The normalized spacial score (nSPS) is 16.7. The van der Waals surface area contributed by atoms with Crippen LogP contribution in [0.2, 0.25) is 0 Å². The molecule has 0 spiro atoms. The Balaban J connectivity index is 1.79. The third-order valence-electron chi connectivity index (χ3n) is 3.15. The van der Waals surface area contributed by atoms with Gasteiger partial charge in [0.05, 0.1) is 0 Å². The molecule has 0 aliphatic carbocycles. The van der Waals surface area contributed by atoms with Crippen LogP contribution in [0.4, 0.5) is 5.13 Å². The molecule has 0 atom stereocenters. The van der Waals surface area contributed by atoms with Gasteiger partial charge >= 0.3 is 5.97 Å². The summed E-state index contributed by atoms with van der Waals surface area (Å²) in [5.74, 6) is -0.951. The first-order valence-corrected chi connectivity index (χ1v) is 7.15. The topological polar surface area (TPSA) is 65.5 Å². The summed E-state index contributed by atoms with van der Waals surface area (Å²) in [4.78, 5) is 18.1. The molecule has 1 aromatic rings. The van der Waals surface area contributed by atoms with Crippen molar-refractivity contribution in [3.05, 3.63) is 10.6 Å². The zero-order chi connectivity index (χ0) is 13.0. The third-order valence-corrected chi connectivity index (χ3v) is 4.08. The quantitative estimate of drug-likeness (QED) is 0.856. The van der Waals surface area contributed by atoms with Gasteiger partial charge in [-0.3, -0.25) is 0 Å². The lowest BCUT2D eigenvalue weighted by molar-refractivity contribution is 0.0690. The van der Waals surface area contributed by atoms with Gasteiger partial charge in [0.2, 0.25) is 0 Å². The van der Waals surface area contributed by atoms with Crippen molar-refractivity contribution >= 4 is 22.4 Å². The van der Waals surface area contributed by atoms with E-state index in [0.29, 0.717) is 5.13 Å². The van der Waals surface area contributed by atoms with Crippen LogP contribution in [0.15, 0.2) is 0 Å². The monoisotopic (exact) mass is 269 g/mol. The number of carboxylic acids is 1. The van der Waals surface area contributed by atoms with Crippen LogP contribution in [-0.2, 0) is 0 Å². The van der Waals surface area contributed by atoms with Gasteiger partial charge in [0.25, 0.3) is 0 Å². The largest absolute Gasteiger partial charge is 0.476 e. The lowest BCUT2D eigenvalue weighted by Crippen LogP contribution is -2.33. The highest BCUT2D eigenvalue weighted by atomic mass is 32.1. The van der Waals surface area contributed by atoms with Crippen molar-refractivity contribution in [1.29, 1.82) is 0 Å². The van der Waals surface area contributed by atoms with Gasteiger partial charge in [-0.2, -0.15) is 0 Å². The number of hydrogen-bond acceptors (Lipinski definition) is 5. The second kappa shape index (κ2) is 6.15. The molecule has 0 unspecified atom stereocenters. The average molecular weight is 269 g/mol. The van der Waals surface area contributed by atoms with E-state index in [-0.39, 0.29) is 5.69 Å². The number of nitrogens with one attached hydrogen (secondary N) is 1. The van der Waals surface area contributed by atoms with E-state index < -0.39 is 5.97 Å². The summed E-state index contributed by atoms with van der Waals surface area (Å²) in [5, 5.41) is 12.8. The Morgan fingerprint density at radius 3 is 2.78 bits per heavy atom. The minimum Gasteiger partial charge on any atom is -0.476 e. The summed E-state index contributed by atoms with van der Waals surface area (Å²) < 4.78 is 0. The zero-order valence-electron chi connectivity index (χ0n) is 10.6. The number of hydrogen-bond donors (Lipinski definition) is 2. The number of anilines is 1. The fraction of sp³-hybridized carbons (Fsp3) is 0.667. The Morgan fingerprint density at radius 1 is 1.44 bits per heavy atom. The molecule has 2 heterocycles. The van der Waals surface area contributed by atoms with Crippen LogP contribution in [0.1, 0.15) is 34.6 Å². The minimum atomic E-state index is -0.951. The summed E-state index contributed by atoms with van der Waals surface area (Å²) in [6, 6.07) is 0. The van der Waals surface area contributed by atoms with Crippen molar-refractivity contribution in [2.75, 3.05) is 31.5 Å². The summed E-state index contributed by atoms with van der Waals surface area (Å²) in [7, 11) is 0. The Bertz CT molecular complexity index is 413. The maximum absolute atomic E-state index is 10.9. The van der Waals surface area contributed by atoms with Gasteiger partial charge in [-0.1, -0.05) is 6.42 Å². The molecule has 0 saturated carbocycles. The third kappa shape index (κ3) is 3.43. The van der Waals surface area contributed by atoms with Crippen LogP contribution in [-0.4, -0.2) is 47.1 Å². The molecule has 6 heteroatoms. The first kappa shape index (κ1) is 13.3. The molecule has 0 radical (unpaired) electrons. The highest BCUT2D eigenvalue weighted by molar-refractivity contribution is 7.15. The summed E-state index contributed by atoms with van der Waals surface area (Å²) >= 11 is 1.41. The molecule has 0 amide bonds. The van der Waals surface area contributed by atoms with E-state index in [1.165, 1.54) is 43.7 Å². The van der Waals surface area contributed by atoms with Crippen molar-refractivity contribution in [3.63, 3.8) is 0 Å². The van der Waals surface area contributed by atoms with Gasteiger partial charge in [0.15, 0.2) is 10.8 Å². The molecule has 1 saturated heterocycles. The van der Waals surface area contributed by atoms with Gasteiger partial charge in [0, 0.05) is 18.0 Å².